The van der Waals surface area contributed by atoms with Crippen LogP contribution in [0.1, 0.15) is 17.5 Å². The zero-order valence-corrected chi connectivity index (χ0v) is 13.1. The van der Waals surface area contributed by atoms with Gasteiger partial charge in [0.15, 0.2) is 6.17 Å². The molecule has 0 aliphatic carbocycles. The number of hydrogen-bond acceptors (Lipinski definition) is 4. The fourth-order valence-electron chi connectivity index (χ4n) is 2.98. The van der Waals surface area contributed by atoms with Gasteiger partial charge in [0.05, 0.1) is 6.67 Å². The molecule has 1 aromatic heterocycles. The molecule has 1 atom stereocenters. The predicted molar refractivity (Wildman–Crippen MR) is 95.1 cm³/mol. The summed E-state index contributed by atoms with van der Waals surface area (Å²) in [5.41, 5.74) is 8.61. The van der Waals surface area contributed by atoms with E-state index in [1.807, 2.05) is 60.7 Å². The summed E-state index contributed by atoms with van der Waals surface area (Å²) in [6, 6.07) is 19.8. The Hall–Kier alpha value is -3.05. The number of para-hydroxylation sites is 1. The van der Waals surface area contributed by atoms with E-state index in [9.17, 15) is 0 Å². The molecule has 0 radical (unpaired) electrons. The van der Waals surface area contributed by atoms with Crippen LogP contribution in [0.5, 0.6) is 0 Å². The number of amidine groups is 1. The van der Waals surface area contributed by atoms with Gasteiger partial charge in [0.25, 0.3) is 0 Å². The van der Waals surface area contributed by atoms with Crippen LogP contribution < -0.4 is 11.1 Å². The normalized spacial score (nSPS) is 17.7. The lowest BCUT2D eigenvalue weighted by Gasteiger charge is -2.36. The predicted octanol–water partition coefficient (Wildman–Crippen LogP) is 3.27. The number of benzene rings is 2. The minimum atomic E-state index is -0.310. The van der Waals surface area contributed by atoms with Crippen LogP contribution in [0.2, 0.25) is 0 Å². The second-order valence-electron chi connectivity index (χ2n) is 5.70. The van der Waals surface area contributed by atoms with Crippen molar-refractivity contribution in [3.05, 3.63) is 78.1 Å². The Balaban J connectivity index is 1.76. The van der Waals surface area contributed by atoms with Crippen molar-refractivity contribution in [3.63, 3.8) is 0 Å². The minimum Gasteiger partial charge on any atom is -0.457 e. The van der Waals surface area contributed by atoms with Crippen molar-refractivity contribution in [2.24, 2.45) is 5.73 Å². The Morgan fingerprint density at radius 2 is 1.83 bits per heavy atom. The number of rotatable bonds is 3. The summed E-state index contributed by atoms with van der Waals surface area (Å²) in [7, 11) is 0. The molecular formula is C19H18N4O. The number of hydrogen-bond donors (Lipinski definition) is 3. The average molecular weight is 318 g/mol. The average Bonchev–Trinajstić information content (AvgIpc) is 3.06. The van der Waals surface area contributed by atoms with Crippen LogP contribution in [-0.4, -0.2) is 17.4 Å². The number of nitrogens with zero attached hydrogens (tertiary/aromatic N) is 1. The maximum absolute atomic E-state index is 8.33. The van der Waals surface area contributed by atoms with Crippen molar-refractivity contribution in [2.75, 3.05) is 6.67 Å². The summed E-state index contributed by atoms with van der Waals surface area (Å²) >= 11 is 0. The van der Waals surface area contributed by atoms with Crippen LogP contribution in [-0.2, 0) is 0 Å². The van der Waals surface area contributed by atoms with Crippen LogP contribution in [0.15, 0.2) is 71.2 Å². The van der Waals surface area contributed by atoms with Crippen LogP contribution in [0, 0.1) is 5.41 Å². The SMILES string of the molecule is N=C1C=C(c2ccccc2)NC(c2cc3ccccc3o2)N1CN. The third-order valence-electron chi connectivity index (χ3n) is 4.19. The highest BCUT2D eigenvalue weighted by molar-refractivity contribution is 5.98. The second kappa shape index (κ2) is 5.86. The smallest absolute Gasteiger partial charge is 0.161 e. The van der Waals surface area contributed by atoms with Gasteiger partial charge in [0.1, 0.15) is 17.2 Å². The third-order valence-corrected chi connectivity index (χ3v) is 4.19. The van der Waals surface area contributed by atoms with E-state index in [0.717, 1.165) is 28.0 Å². The van der Waals surface area contributed by atoms with Gasteiger partial charge in [-0.15, -0.1) is 0 Å². The van der Waals surface area contributed by atoms with Crippen LogP contribution in [0.25, 0.3) is 16.7 Å². The fourth-order valence-corrected chi connectivity index (χ4v) is 2.98. The van der Waals surface area contributed by atoms with Crippen molar-refractivity contribution in [2.45, 2.75) is 6.17 Å². The molecule has 1 unspecified atom stereocenters. The fraction of sp³-hybridized carbons (Fsp3) is 0.105. The van der Waals surface area contributed by atoms with Crippen molar-refractivity contribution in [1.82, 2.24) is 10.2 Å². The molecule has 0 fully saturated rings. The van der Waals surface area contributed by atoms with E-state index in [1.54, 1.807) is 11.0 Å². The molecular weight excluding hydrogens is 300 g/mol. The Morgan fingerprint density at radius 1 is 1.08 bits per heavy atom. The topological polar surface area (TPSA) is 78.3 Å². The molecule has 1 aliphatic rings. The van der Waals surface area contributed by atoms with Crippen LogP contribution in [0.4, 0.5) is 0 Å². The van der Waals surface area contributed by atoms with Crippen molar-refractivity contribution in [1.29, 1.82) is 5.41 Å². The summed E-state index contributed by atoms with van der Waals surface area (Å²) in [5.74, 6) is 1.11. The van der Waals surface area contributed by atoms with E-state index in [0.29, 0.717) is 5.84 Å². The zero-order valence-electron chi connectivity index (χ0n) is 13.1. The van der Waals surface area contributed by atoms with Crippen LogP contribution in [0.3, 0.4) is 0 Å². The number of nitrogens with two attached hydrogens (primary N) is 1. The maximum Gasteiger partial charge on any atom is 0.161 e. The van der Waals surface area contributed by atoms with Gasteiger partial charge in [-0.3, -0.25) is 5.41 Å². The van der Waals surface area contributed by atoms with E-state index >= 15 is 0 Å². The van der Waals surface area contributed by atoms with Gasteiger partial charge in [-0.2, -0.15) is 0 Å². The maximum atomic E-state index is 8.33. The lowest BCUT2D eigenvalue weighted by Crippen LogP contribution is -2.47. The summed E-state index contributed by atoms with van der Waals surface area (Å²) in [4.78, 5) is 1.77. The number of fused-ring (bicyclic) bond motifs is 1. The summed E-state index contributed by atoms with van der Waals surface area (Å²) < 4.78 is 5.99. The first-order chi connectivity index (χ1) is 11.8. The zero-order chi connectivity index (χ0) is 16.5. The van der Waals surface area contributed by atoms with Gasteiger partial charge < -0.3 is 20.4 Å². The highest BCUT2D eigenvalue weighted by Gasteiger charge is 2.29. The molecule has 1 aliphatic heterocycles. The molecule has 5 heteroatoms. The van der Waals surface area contributed by atoms with E-state index in [2.05, 4.69) is 5.32 Å². The first kappa shape index (κ1) is 14.5. The van der Waals surface area contributed by atoms with Crippen LogP contribution >= 0.6 is 0 Å². The van der Waals surface area contributed by atoms with Gasteiger partial charge in [0, 0.05) is 17.2 Å². The van der Waals surface area contributed by atoms with Gasteiger partial charge in [-0.05, 0) is 17.7 Å². The first-order valence-corrected chi connectivity index (χ1v) is 7.83. The summed E-state index contributed by atoms with van der Waals surface area (Å²) in [6.07, 6.45) is 1.48. The lowest BCUT2D eigenvalue weighted by molar-refractivity contribution is 0.258. The highest BCUT2D eigenvalue weighted by Crippen LogP contribution is 2.30. The van der Waals surface area contributed by atoms with Gasteiger partial charge in [0.2, 0.25) is 0 Å². The standard InChI is InChI=1S/C19H18N4O/c20-12-23-18(21)11-15(13-6-2-1-3-7-13)22-19(23)17-10-14-8-4-5-9-16(14)24-17/h1-11,19,21-22H,12,20H2. The molecule has 0 saturated heterocycles. The molecule has 0 spiro atoms. The van der Waals surface area contributed by atoms with Gasteiger partial charge >= 0.3 is 0 Å². The van der Waals surface area contributed by atoms with E-state index in [4.69, 9.17) is 15.6 Å². The molecule has 24 heavy (non-hydrogen) atoms. The Kier molecular flexibility index (Phi) is 3.55. The monoisotopic (exact) mass is 318 g/mol. The number of furan rings is 1. The van der Waals surface area contributed by atoms with Gasteiger partial charge in [-0.25, -0.2) is 0 Å². The van der Waals surface area contributed by atoms with Crippen molar-refractivity contribution >= 4 is 22.5 Å². The Morgan fingerprint density at radius 3 is 2.58 bits per heavy atom. The van der Waals surface area contributed by atoms with Gasteiger partial charge in [-0.1, -0.05) is 48.5 Å². The quantitative estimate of drug-likeness (QED) is 0.692. The van der Waals surface area contributed by atoms with Crippen molar-refractivity contribution < 1.29 is 4.42 Å². The molecule has 4 N–H and O–H groups in total. The second-order valence-corrected chi connectivity index (χ2v) is 5.70. The Labute approximate surface area is 139 Å². The molecule has 120 valence electrons. The van der Waals surface area contributed by atoms with E-state index < -0.39 is 0 Å². The van der Waals surface area contributed by atoms with Crippen molar-refractivity contribution in [3.8, 4) is 0 Å². The summed E-state index contributed by atoms with van der Waals surface area (Å²) in [6.45, 7) is 0.228. The molecule has 0 saturated carbocycles. The molecule has 5 nitrogen and oxygen atoms in total. The van der Waals surface area contributed by atoms with E-state index in [-0.39, 0.29) is 12.8 Å². The molecule has 0 amide bonds. The minimum absolute atomic E-state index is 0.228. The number of nitrogens with one attached hydrogen (secondary N) is 2. The van der Waals surface area contributed by atoms with E-state index in [1.165, 1.54) is 0 Å². The molecule has 2 heterocycles. The molecule has 4 rings (SSSR count). The first-order valence-electron chi connectivity index (χ1n) is 7.83. The third kappa shape index (κ3) is 2.45. The highest BCUT2D eigenvalue weighted by atomic mass is 16.3. The largest absolute Gasteiger partial charge is 0.457 e. The molecule has 3 aromatic rings. The lowest BCUT2D eigenvalue weighted by atomic mass is 10.1. The molecule has 0 bridgehead atoms. The summed E-state index contributed by atoms with van der Waals surface area (Å²) in [5, 5.41) is 12.8. The molecule has 2 aromatic carbocycles. The Bertz CT molecular complexity index is 880.